The number of hydrogen-bond acceptors (Lipinski definition) is 1. The molecule has 0 aromatic carbocycles. The van der Waals surface area contributed by atoms with Crippen LogP contribution in [-0.4, -0.2) is 34.8 Å². The zero-order valence-corrected chi connectivity index (χ0v) is 12.3. The van der Waals surface area contributed by atoms with Crippen LogP contribution in [0.25, 0.3) is 0 Å². The van der Waals surface area contributed by atoms with Crippen molar-refractivity contribution in [3.8, 4) is 0 Å². The number of alkyl halides is 1. The summed E-state index contributed by atoms with van der Waals surface area (Å²) in [6.45, 7) is 6.93. The highest BCUT2D eigenvalue weighted by molar-refractivity contribution is 9.09. The van der Waals surface area contributed by atoms with Gasteiger partial charge in [0, 0.05) is 4.83 Å². The maximum absolute atomic E-state index is 5.46. The van der Waals surface area contributed by atoms with Crippen molar-refractivity contribution in [2.24, 2.45) is 11.8 Å². The molecule has 90 valence electrons. The highest BCUT2D eigenvalue weighted by Crippen LogP contribution is 2.47. The molecule has 1 aliphatic carbocycles. The van der Waals surface area contributed by atoms with Gasteiger partial charge < -0.3 is 4.74 Å². The lowest BCUT2D eigenvalue weighted by Gasteiger charge is -2.36. The Labute approximate surface area is 105 Å². The lowest BCUT2D eigenvalue weighted by Crippen LogP contribution is -2.28. The van der Waals surface area contributed by atoms with Gasteiger partial charge >= 0.3 is 0 Å². The number of ether oxygens (including phenoxy) is 1. The molecule has 1 aliphatic heterocycles. The molecule has 0 aromatic rings. The van der Waals surface area contributed by atoms with E-state index < -0.39 is 0 Å². The van der Waals surface area contributed by atoms with Gasteiger partial charge in [0.25, 0.3) is 0 Å². The normalized spacial score (nSPS) is 41.8. The maximum Gasteiger partial charge on any atom is 0.0540 e. The Bertz CT molecular complexity index is 206. The Balaban J connectivity index is 1.91. The van der Waals surface area contributed by atoms with E-state index in [-0.39, 0.29) is 10.9 Å². The highest BCUT2D eigenvalue weighted by Gasteiger charge is 2.36. The average molecular weight is 295 g/mol. The van der Waals surface area contributed by atoms with E-state index in [2.05, 4.69) is 29.8 Å². The van der Waals surface area contributed by atoms with Gasteiger partial charge in [-0.3, -0.25) is 0 Å². The third kappa shape index (κ3) is 2.92. The van der Waals surface area contributed by atoms with E-state index in [0.29, 0.717) is 0 Å². The molecule has 0 aromatic heterocycles. The monoisotopic (exact) mass is 294 g/mol. The Morgan fingerprint density at radius 2 is 1.93 bits per heavy atom. The van der Waals surface area contributed by atoms with Gasteiger partial charge in [-0.25, -0.2) is 10.9 Å². The standard InChI is InChI=1S/C12H23BrOS/c1-9-7-11(12(13)8-9)10(2)15-5-3-14-4-6-15/h9-12,15H,3-8H2,1-2H3/t9-,10-,11?,12?/m1/s1. The predicted molar refractivity (Wildman–Crippen MR) is 73.6 cm³/mol. The van der Waals surface area contributed by atoms with Crippen LogP contribution in [0.2, 0.25) is 0 Å². The van der Waals surface area contributed by atoms with Crippen molar-refractivity contribution in [3.63, 3.8) is 0 Å². The van der Waals surface area contributed by atoms with Crippen molar-refractivity contribution >= 4 is 26.8 Å². The SMILES string of the molecule is C[C@H]1CC(Br)C([C@@H](C)[SH]2CCOCC2)C1. The fraction of sp³-hybridized carbons (Fsp3) is 1.00. The molecule has 3 heteroatoms. The van der Waals surface area contributed by atoms with E-state index >= 15 is 0 Å². The van der Waals surface area contributed by atoms with Crippen molar-refractivity contribution in [2.45, 2.75) is 36.8 Å². The third-order valence-corrected chi connectivity index (χ3v) is 8.11. The van der Waals surface area contributed by atoms with Crippen LogP contribution in [0.4, 0.5) is 0 Å². The first-order valence-corrected chi connectivity index (χ1v) is 8.84. The highest BCUT2D eigenvalue weighted by atomic mass is 79.9. The number of rotatable bonds is 2. The topological polar surface area (TPSA) is 9.23 Å². The van der Waals surface area contributed by atoms with E-state index in [0.717, 1.165) is 35.1 Å². The second-order valence-electron chi connectivity index (χ2n) is 5.15. The average Bonchev–Trinajstić information content (AvgIpc) is 2.58. The molecular formula is C12H23BrOS. The Hall–Kier alpha value is 0.790. The molecule has 0 amide bonds. The van der Waals surface area contributed by atoms with E-state index in [1.54, 1.807) is 0 Å². The summed E-state index contributed by atoms with van der Waals surface area (Å²) < 4.78 is 5.46. The molecule has 1 heterocycles. The summed E-state index contributed by atoms with van der Waals surface area (Å²) in [6.07, 6.45) is 2.82. The fourth-order valence-electron chi connectivity index (χ4n) is 3.02. The van der Waals surface area contributed by atoms with Gasteiger partial charge in [0.2, 0.25) is 0 Å². The molecule has 2 aliphatic rings. The zero-order valence-electron chi connectivity index (χ0n) is 9.79. The molecule has 4 atom stereocenters. The van der Waals surface area contributed by atoms with Crippen LogP contribution in [0.3, 0.4) is 0 Å². The Morgan fingerprint density at radius 1 is 1.27 bits per heavy atom. The summed E-state index contributed by atoms with van der Waals surface area (Å²) in [4.78, 5) is 0.785. The molecule has 2 unspecified atom stereocenters. The smallest absolute Gasteiger partial charge is 0.0540 e. The van der Waals surface area contributed by atoms with E-state index in [1.165, 1.54) is 24.3 Å². The van der Waals surface area contributed by atoms with Gasteiger partial charge in [-0.1, -0.05) is 29.8 Å². The minimum Gasteiger partial charge on any atom is -0.380 e. The summed E-state index contributed by atoms with van der Waals surface area (Å²) in [7, 11) is 0.255. The van der Waals surface area contributed by atoms with Gasteiger partial charge in [0.05, 0.1) is 13.2 Å². The zero-order chi connectivity index (χ0) is 10.8. The Kier molecular flexibility index (Phi) is 4.42. The Morgan fingerprint density at radius 3 is 2.47 bits per heavy atom. The quantitative estimate of drug-likeness (QED) is 0.608. The molecule has 0 radical (unpaired) electrons. The summed E-state index contributed by atoms with van der Waals surface area (Å²) in [5.74, 6) is 4.56. The largest absolute Gasteiger partial charge is 0.380 e. The molecular weight excluding hydrogens is 272 g/mol. The fourth-order valence-corrected chi connectivity index (χ4v) is 7.21. The number of thiol groups is 1. The predicted octanol–water partition coefficient (Wildman–Crippen LogP) is 3.22. The van der Waals surface area contributed by atoms with Gasteiger partial charge in [-0.2, -0.15) is 0 Å². The maximum atomic E-state index is 5.46. The number of hydrogen-bond donors (Lipinski definition) is 1. The van der Waals surface area contributed by atoms with Crippen molar-refractivity contribution in [1.29, 1.82) is 0 Å². The minimum atomic E-state index is 0.255. The first-order chi connectivity index (χ1) is 7.18. The van der Waals surface area contributed by atoms with Crippen molar-refractivity contribution < 1.29 is 4.74 Å². The lowest BCUT2D eigenvalue weighted by atomic mass is 10.0. The summed E-state index contributed by atoms with van der Waals surface area (Å²) in [6, 6.07) is 0. The van der Waals surface area contributed by atoms with E-state index in [9.17, 15) is 0 Å². The lowest BCUT2D eigenvalue weighted by molar-refractivity contribution is 0.159. The molecule has 1 nitrogen and oxygen atoms in total. The van der Waals surface area contributed by atoms with Crippen molar-refractivity contribution in [3.05, 3.63) is 0 Å². The molecule has 0 N–H and O–H groups in total. The third-order valence-electron chi connectivity index (χ3n) is 4.01. The van der Waals surface area contributed by atoms with Gasteiger partial charge in [-0.05, 0) is 41.4 Å². The van der Waals surface area contributed by atoms with Gasteiger partial charge in [-0.15, -0.1) is 0 Å². The first-order valence-electron chi connectivity index (χ1n) is 6.14. The molecule has 0 bridgehead atoms. The molecule has 2 fully saturated rings. The minimum absolute atomic E-state index is 0.255. The summed E-state index contributed by atoms with van der Waals surface area (Å²) in [5, 5.41) is 0.943. The van der Waals surface area contributed by atoms with Crippen molar-refractivity contribution in [2.75, 3.05) is 24.7 Å². The van der Waals surface area contributed by atoms with Crippen LogP contribution in [0.15, 0.2) is 0 Å². The van der Waals surface area contributed by atoms with E-state index in [4.69, 9.17) is 4.74 Å². The molecule has 1 saturated heterocycles. The van der Waals surface area contributed by atoms with Crippen LogP contribution >= 0.6 is 26.8 Å². The van der Waals surface area contributed by atoms with Crippen LogP contribution in [0.5, 0.6) is 0 Å². The van der Waals surface area contributed by atoms with Gasteiger partial charge in [0.1, 0.15) is 0 Å². The number of halogens is 1. The van der Waals surface area contributed by atoms with Crippen LogP contribution in [0, 0.1) is 11.8 Å². The molecule has 1 saturated carbocycles. The van der Waals surface area contributed by atoms with Gasteiger partial charge in [0.15, 0.2) is 0 Å². The molecule has 15 heavy (non-hydrogen) atoms. The second kappa shape index (κ2) is 5.42. The summed E-state index contributed by atoms with van der Waals surface area (Å²) in [5.41, 5.74) is 0. The molecule has 2 rings (SSSR count). The van der Waals surface area contributed by atoms with E-state index in [1.807, 2.05) is 0 Å². The summed E-state index contributed by atoms with van der Waals surface area (Å²) >= 11 is 3.89. The first kappa shape index (κ1) is 12.3. The van der Waals surface area contributed by atoms with Crippen LogP contribution < -0.4 is 0 Å². The van der Waals surface area contributed by atoms with Crippen LogP contribution in [-0.2, 0) is 4.74 Å². The van der Waals surface area contributed by atoms with Crippen molar-refractivity contribution in [1.82, 2.24) is 0 Å². The second-order valence-corrected chi connectivity index (χ2v) is 9.21. The van der Waals surface area contributed by atoms with Crippen LogP contribution in [0.1, 0.15) is 26.7 Å². The molecule has 0 spiro atoms.